The maximum absolute atomic E-state index is 12.2. The van der Waals surface area contributed by atoms with E-state index in [-0.39, 0.29) is 6.03 Å². The lowest BCUT2D eigenvalue weighted by Crippen LogP contribution is -2.39. The van der Waals surface area contributed by atoms with Gasteiger partial charge in [-0.3, -0.25) is 4.98 Å². The Kier molecular flexibility index (Phi) is 4.53. The molecule has 0 aliphatic carbocycles. The summed E-state index contributed by atoms with van der Waals surface area (Å²) in [4.78, 5) is 18.0. The number of amides is 2. The molecule has 1 atom stereocenters. The first-order chi connectivity index (χ1) is 10.8. The molecule has 1 saturated heterocycles. The van der Waals surface area contributed by atoms with Crippen LogP contribution in [0.4, 0.5) is 10.5 Å². The summed E-state index contributed by atoms with van der Waals surface area (Å²) >= 11 is 0. The van der Waals surface area contributed by atoms with E-state index in [4.69, 9.17) is 0 Å². The number of carbonyl (C=O) groups excluding carboxylic acids is 1. The van der Waals surface area contributed by atoms with Gasteiger partial charge in [-0.1, -0.05) is 18.2 Å². The van der Waals surface area contributed by atoms with E-state index in [0.29, 0.717) is 12.6 Å². The van der Waals surface area contributed by atoms with Crippen LogP contribution in [-0.2, 0) is 6.54 Å². The van der Waals surface area contributed by atoms with Crippen LogP contribution >= 0.6 is 0 Å². The SMILES string of the molecule is O=C(NCc1ccncc1)N1CCC(Nc2ccccc2)C1. The predicted molar refractivity (Wildman–Crippen MR) is 86.5 cm³/mol. The summed E-state index contributed by atoms with van der Waals surface area (Å²) in [6.45, 7) is 2.05. The van der Waals surface area contributed by atoms with E-state index in [1.165, 1.54) is 0 Å². The van der Waals surface area contributed by atoms with Crippen molar-refractivity contribution >= 4 is 11.7 Å². The summed E-state index contributed by atoms with van der Waals surface area (Å²) in [5, 5.41) is 6.43. The number of anilines is 1. The van der Waals surface area contributed by atoms with Crippen LogP contribution in [0.15, 0.2) is 54.9 Å². The third kappa shape index (κ3) is 3.75. The monoisotopic (exact) mass is 296 g/mol. The van der Waals surface area contributed by atoms with E-state index in [9.17, 15) is 4.79 Å². The summed E-state index contributed by atoms with van der Waals surface area (Å²) in [5.74, 6) is 0. The highest BCUT2D eigenvalue weighted by atomic mass is 16.2. The molecule has 0 radical (unpaired) electrons. The highest BCUT2D eigenvalue weighted by Crippen LogP contribution is 2.15. The normalized spacial score (nSPS) is 17.3. The van der Waals surface area contributed by atoms with Gasteiger partial charge >= 0.3 is 6.03 Å². The highest BCUT2D eigenvalue weighted by molar-refractivity contribution is 5.74. The molecule has 2 N–H and O–H groups in total. The molecular formula is C17H20N4O. The molecule has 1 unspecified atom stereocenters. The highest BCUT2D eigenvalue weighted by Gasteiger charge is 2.25. The maximum atomic E-state index is 12.2. The zero-order valence-electron chi connectivity index (χ0n) is 12.4. The molecule has 2 amide bonds. The standard InChI is InChI=1S/C17H20N4O/c22-17(19-12-14-6-9-18-10-7-14)21-11-8-16(13-21)20-15-4-2-1-3-5-15/h1-7,9-10,16,20H,8,11-13H2,(H,19,22). The van der Waals surface area contributed by atoms with Gasteiger partial charge in [0.15, 0.2) is 0 Å². The minimum absolute atomic E-state index is 0.00539. The molecule has 0 spiro atoms. The van der Waals surface area contributed by atoms with Crippen LogP contribution in [0.1, 0.15) is 12.0 Å². The van der Waals surface area contributed by atoms with Crippen molar-refractivity contribution < 1.29 is 4.79 Å². The Hall–Kier alpha value is -2.56. The van der Waals surface area contributed by atoms with Gasteiger partial charge in [0, 0.05) is 43.8 Å². The number of likely N-dealkylation sites (tertiary alicyclic amines) is 1. The van der Waals surface area contributed by atoms with Crippen molar-refractivity contribution in [3.63, 3.8) is 0 Å². The minimum atomic E-state index is -0.00539. The van der Waals surface area contributed by atoms with Crippen LogP contribution < -0.4 is 10.6 Å². The fourth-order valence-corrected chi connectivity index (χ4v) is 2.62. The quantitative estimate of drug-likeness (QED) is 0.911. The van der Waals surface area contributed by atoms with Crippen LogP contribution in [0.2, 0.25) is 0 Å². The number of hydrogen-bond donors (Lipinski definition) is 2. The van der Waals surface area contributed by atoms with Crippen molar-refractivity contribution in [2.45, 2.75) is 19.0 Å². The van der Waals surface area contributed by atoms with Crippen molar-refractivity contribution in [2.24, 2.45) is 0 Å². The molecular weight excluding hydrogens is 276 g/mol. The first-order valence-electron chi connectivity index (χ1n) is 7.54. The van der Waals surface area contributed by atoms with Crippen LogP contribution in [-0.4, -0.2) is 35.0 Å². The number of para-hydroxylation sites is 1. The fraction of sp³-hybridized carbons (Fsp3) is 0.294. The third-order valence-corrected chi connectivity index (χ3v) is 3.81. The molecule has 2 heterocycles. The van der Waals surface area contributed by atoms with Gasteiger partial charge < -0.3 is 15.5 Å². The Bertz CT molecular complexity index is 603. The second-order valence-electron chi connectivity index (χ2n) is 5.46. The number of rotatable bonds is 4. The number of urea groups is 1. The van der Waals surface area contributed by atoms with E-state index in [2.05, 4.69) is 15.6 Å². The van der Waals surface area contributed by atoms with Crippen molar-refractivity contribution in [1.82, 2.24) is 15.2 Å². The summed E-state index contributed by atoms with van der Waals surface area (Å²) in [5.41, 5.74) is 2.16. The first kappa shape index (κ1) is 14.4. The molecule has 5 nitrogen and oxygen atoms in total. The Balaban J connectivity index is 1.46. The van der Waals surface area contributed by atoms with Crippen LogP contribution in [0.3, 0.4) is 0 Å². The van der Waals surface area contributed by atoms with Gasteiger partial charge in [0.05, 0.1) is 0 Å². The van der Waals surface area contributed by atoms with Gasteiger partial charge in [0.2, 0.25) is 0 Å². The van der Waals surface area contributed by atoms with E-state index < -0.39 is 0 Å². The molecule has 1 aromatic heterocycles. The molecule has 1 aliphatic rings. The Labute approximate surface area is 130 Å². The number of carbonyl (C=O) groups is 1. The zero-order chi connectivity index (χ0) is 15.2. The Morgan fingerprint density at radius 3 is 2.73 bits per heavy atom. The Morgan fingerprint density at radius 1 is 1.18 bits per heavy atom. The third-order valence-electron chi connectivity index (χ3n) is 3.81. The second-order valence-corrected chi connectivity index (χ2v) is 5.46. The van der Waals surface area contributed by atoms with Crippen molar-refractivity contribution in [3.05, 3.63) is 60.4 Å². The van der Waals surface area contributed by atoms with Gasteiger partial charge in [0.1, 0.15) is 0 Å². The molecule has 3 rings (SSSR count). The largest absolute Gasteiger partial charge is 0.380 e. The number of nitrogens with one attached hydrogen (secondary N) is 2. The van der Waals surface area contributed by atoms with E-state index >= 15 is 0 Å². The smallest absolute Gasteiger partial charge is 0.317 e. The minimum Gasteiger partial charge on any atom is -0.380 e. The maximum Gasteiger partial charge on any atom is 0.317 e. The van der Waals surface area contributed by atoms with E-state index in [1.54, 1.807) is 12.4 Å². The van der Waals surface area contributed by atoms with Crippen LogP contribution in [0.25, 0.3) is 0 Å². The number of aromatic nitrogens is 1. The van der Waals surface area contributed by atoms with Crippen molar-refractivity contribution in [3.8, 4) is 0 Å². The molecule has 0 saturated carbocycles. The van der Waals surface area contributed by atoms with Crippen LogP contribution in [0, 0.1) is 0 Å². The fourth-order valence-electron chi connectivity index (χ4n) is 2.62. The Morgan fingerprint density at radius 2 is 1.95 bits per heavy atom. The van der Waals surface area contributed by atoms with Gasteiger partial charge in [-0.2, -0.15) is 0 Å². The average molecular weight is 296 g/mol. The lowest BCUT2D eigenvalue weighted by molar-refractivity contribution is 0.208. The molecule has 5 heteroatoms. The zero-order valence-corrected chi connectivity index (χ0v) is 12.4. The topological polar surface area (TPSA) is 57.3 Å². The van der Waals surface area contributed by atoms with Crippen molar-refractivity contribution in [1.29, 1.82) is 0 Å². The molecule has 1 aliphatic heterocycles. The predicted octanol–water partition coefficient (Wildman–Crippen LogP) is 2.48. The number of benzene rings is 1. The molecule has 114 valence electrons. The number of pyridine rings is 1. The van der Waals surface area contributed by atoms with Gasteiger partial charge in [-0.25, -0.2) is 4.79 Å². The summed E-state index contributed by atoms with van der Waals surface area (Å²) in [6.07, 6.45) is 4.44. The summed E-state index contributed by atoms with van der Waals surface area (Å²) in [6, 6.07) is 14.2. The lowest BCUT2D eigenvalue weighted by Gasteiger charge is -2.18. The molecule has 2 aromatic rings. The van der Waals surface area contributed by atoms with Gasteiger partial charge in [-0.05, 0) is 36.2 Å². The summed E-state index contributed by atoms with van der Waals surface area (Å²) < 4.78 is 0. The number of hydrogen-bond acceptors (Lipinski definition) is 3. The molecule has 1 fully saturated rings. The first-order valence-corrected chi connectivity index (χ1v) is 7.54. The van der Waals surface area contributed by atoms with Gasteiger partial charge in [0.25, 0.3) is 0 Å². The van der Waals surface area contributed by atoms with Crippen molar-refractivity contribution in [2.75, 3.05) is 18.4 Å². The average Bonchev–Trinajstić information content (AvgIpc) is 3.03. The molecule has 22 heavy (non-hydrogen) atoms. The molecule has 1 aromatic carbocycles. The summed E-state index contributed by atoms with van der Waals surface area (Å²) in [7, 11) is 0. The van der Waals surface area contributed by atoms with Crippen LogP contribution in [0.5, 0.6) is 0 Å². The number of nitrogens with zero attached hydrogens (tertiary/aromatic N) is 2. The van der Waals surface area contributed by atoms with E-state index in [0.717, 1.165) is 30.8 Å². The van der Waals surface area contributed by atoms with E-state index in [1.807, 2.05) is 47.4 Å². The molecule has 0 bridgehead atoms. The second kappa shape index (κ2) is 6.93. The lowest BCUT2D eigenvalue weighted by atomic mass is 10.2. The van der Waals surface area contributed by atoms with Gasteiger partial charge in [-0.15, -0.1) is 0 Å².